The largest absolute Gasteiger partial charge is 0.383 e. The van der Waals surface area contributed by atoms with E-state index in [1.54, 1.807) is 7.11 Å². The van der Waals surface area contributed by atoms with E-state index in [0.29, 0.717) is 12.2 Å². The summed E-state index contributed by atoms with van der Waals surface area (Å²) >= 11 is 0. The van der Waals surface area contributed by atoms with Gasteiger partial charge in [-0.3, -0.25) is 0 Å². The first-order chi connectivity index (χ1) is 9.81. The summed E-state index contributed by atoms with van der Waals surface area (Å²) in [4.78, 5) is 2.21. The average molecular weight is 266 g/mol. The molecular weight excluding hydrogens is 248 g/mol. The average Bonchev–Trinajstić information content (AvgIpc) is 2.50. The first-order valence-electron chi connectivity index (χ1n) is 6.58. The van der Waals surface area contributed by atoms with Crippen LogP contribution in [-0.4, -0.2) is 26.8 Å². The Labute approximate surface area is 119 Å². The highest BCUT2D eigenvalue weighted by Gasteiger charge is 2.11. The maximum Gasteiger partial charge on any atom is 0.0998 e. The molecule has 0 saturated heterocycles. The van der Waals surface area contributed by atoms with E-state index >= 15 is 0 Å². The number of nitrogens with zero attached hydrogens (tertiary/aromatic N) is 2. The Morgan fingerprint density at radius 2 is 2.00 bits per heavy atom. The molecule has 3 nitrogen and oxygen atoms in total. The van der Waals surface area contributed by atoms with Gasteiger partial charge in [-0.05, 0) is 12.1 Å². The van der Waals surface area contributed by atoms with Gasteiger partial charge in [0, 0.05) is 36.7 Å². The maximum absolute atomic E-state index is 9.21. The molecule has 0 aliphatic carbocycles. The van der Waals surface area contributed by atoms with Crippen LogP contribution in [0.1, 0.15) is 5.56 Å². The minimum atomic E-state index is 0.655. The number of methoxy groups -OCH3 is 1. The van der Waals surface area contributed by atoms with Crippen LogP contribution < -0.4 is 4.90 Å². The predicted molar refractivity (Wildman–Crippen MR) is 82.9 cm³/mol. The van der Waals surface area contributed by atoms with Crippen LogP contribution >= 0.6 is 0 Å². The van der Waals surface area contributed by atoms with Crippen molar-refractivity contribution in [1.82, 2.24) is 0 Å². The van der Waals surface area contributed by atoms with Crippen molar-refractivity contribution in [3.05, 3.63) is 54.6 Å². The molecule has 0 aliphatic rings. The Hall–Kier alpha value is -2.31. The van der Waals surface area contributed by atoms with Crippen LogP contribution in [0.3, 0.4) is 0 Å². The molecule has 102 valence electrons. The molecule has 3 heteroatoms. The summed E-state index contributed by atoms with van der Waals surface area (Å²) in [6.07, 6.45) is 1.88. The third-order valence-electron chi connectivity index (χ3n) is 3.28. The Kier molecular flexibility index (Phi) is 4.75. The van der Waals surface area contributed by atoms with Gasteiger partial charge in [-0.15, -0.1) is 6.58 Å². The van der Waals surface area contributed by atoms with Gasteiger partial charge in [-0.25, -0.2) is 0 Å². The van der Waals surface area contributed by atoms with Gasteiger partial charge >= 0.3 is 0 Å². The molecule has 0 aliphatic heterocycles. The molecule has 0 N–H and O–H groups in total. The second kappa shape index (κ2) is 6.74. The van der Waals surface area contributed by atoms with E-state index in [2.05, 4.69) is 17.5 Å². The number of ether oxygens (including phenoxy) is 1. The van der Waals surface area contributed by atoms with E-state index in [0.717, 1.165) is 29.5 Å². The van der Waals surface area contributed by atoms with Gasteiger partial charge in [0.15, 0.2) is 0 Å². The molecule has 0 fully saturated rings. The van der Waals surface area contributed by atoms with Crippen molar-refractivity contribution in [2.24, 2.45) is 0 Å². The zero-order valence-electron chi connectivity index (χ0n) is 11.7. The Balaban J connectivity index is 2.52. The van der Waals surface area contributed by atoms with Crippen LogP contribution in [0.2, 0.25) is 0 Å². The fourth-order valence-electron chi connectivity index (χ4n) is 2.32. The van der Waals surface area contributed by atoms with Crippen LogP contribution in [0.25, 0.3) is 10.8 Å². The molecule has 20 heavy (non-hydrogen) atoms. The van der Waals surface area contributed by atoms with Gasteiger partial charge in [0.1, 0.15) is 0 Å². The molecule has 0 atom stereocenters. The lowest BCUT2D eigenvalue weighted by atomic mass is 10.0. The van der Waals surface area contributed by atoms with E-state index in [9.17, 15) is 5.26 Å². The fraction of sp³-hybridized carbons (Fsp3) is 0.235. The zero-order valence-corrected chi connectivity index (χ0v) is 11.7. The number of rotatable bonds is 6. The molecule has 0 unspecified atom stereocenters. The Morgan fingerprint density at radius 3 is 2.65 bits per heavy atom. The van der Waals surface area contributed by atoms with Crippen molar-refractivity contribution >= 4 is 16.5 Å². The summed E-state index contributed by atoms with van der Waals surface area (Å²) < 4.78 is 5.17. The number of hydrogen-bond donors (Lipinski definition) is 0. The van der Waals surface area contributed by atoms with Crippen LogP contribution in [-0.2, 0) is 4.74 Å². The number of anilines is 1. The van der Waals surface area contributed by atoms with Gasteiger partial charge in [0.05, 0.1) is 18.2 Å². The SMILES string of the molecule is C=CCN(CCOC)c1ccc(C#N)c2ccccc12. The lowest BCUT2D eigenvalue weighted by molar-refractivity contribution is 0.206. The summed E-state index contributed by atoms with van der Waals surface area (Å²) in [5.41, 5.74) is 1.81. The molecule has 0 aromatic heterocycles. The second-order valence-electron chi connectivity index (χ2n) is 4.52. The highest BCUT2D eigenvalue weighted by molar-refractivity contribution is 5.97. The van der Waals surface area contributed by atoms with Gasteiger partial charge in [0.25, 0.3) is 0 Å². The molecule has 2 rings (SSSR count). The molecule has 0 amide bonds. The Bertz CT molecular complexity index is 643. The van der Waals surface area contributed by atoms with Crippen LogP contribution in [0.4, 0.5) is 5.69 Å². The minimum Gasteiger partial charge on any atom is -0.383 e. The van der Waals surface area contributed by atoms with Crippen molar-refractivity contribution in [2.75, 3.05) is 31.7 Å². The lowest BCUT2D eigenvalue weighted by Crippen LogP contribution is -2.27. The lowest BCUT2D eigenvalue weighted by Gasteiger charge is -2.24. The quantitative estimate of drug-likeness (QED) is 0.752. The van der Waals surface area contributed by atoms with Crippen molar-refractivity contribution < 1.29 is 4.74 Å². The topological polar surface area (TPSA) is 36.3 Å². The first kappa shape index (κ1) is 14.1. The molecule has 2 aromatic carbocycles. The predicted octanol–water partition coefficient (Wildman–Crippen LogP) is 3.35. The number of benzene rings is 2. The van der Waals surface area contributed by atoms with E-state index < -0.39 is 0 Å². The third-order valence-corrected chi connectivity index (χ3v) is 3.28. The molecule has 2 aromatic rings. The molecule has 0 spiro atoms. The monoisotopic (exact) mass is 266 g/mol. The molecular formula is C17H18N2O. The minimum absolute atomic E-state index is 0.655. The molecule has 0 heterocycles. The van der Waals surface area contributed by atoms with Crippen molar-refractivity contribution in [2.45, 2.75) is 0 Å². The fourth-order valence-corrected chi connectivity index (χ4v) is 2.32. The summed E-state index contributed by atoms with van der Waals surface area (Å²) in [5.74, 6) is 0. The van der Waals surface area contributed by atoms with Crippen LogP contribution in [0.5, 0.6) is 0 Å². The second-order valence-corrected chi connectivity index (χ2v) is 4.52. The molecule has 0 radical (unpaired) electrons. The molecule has 0 saturated carbocycles. The van der Waals surface area contributed by atoms with Crippen molar-refractivity contribution in [3.8, 4) is 6.07 Å². The first-order valence-corrected chi connectivity index (χ1v) is 6.58. The standard InChI is InChI=1S/C17H18N2O/c1-3-10-19(11-12-20-2)17-9-8-14(13-18)15-6-4-5-7-16(15)17/h3-9H,1,10-12H2,2H3. The van der Waals surface area contributed by atoms with E-state index in [1.807, 2.05) is 42.5 Å². The van der Waals surface area contributed by atoms with Crippen LogP contribution in [0.15, 0.2) is 49.1 Å². The third kappa shape index (κ3) is 2.81. The summed E-state index contributed by atoms with van der Waals surface area (Å²) in [7, 11) is 1.70. The normalized spacial score (nSPS) is 10.2. The zero-order chi connectivity index (χ0) is 14.4. The van der Waals surface area contributed by atoms with E-state index in [1.165, 1.54) is 0 Å². The van der Waals surface area contributed by atoms with Crippen molar-refractivity contribution in [3.63, 3.8) is 0 Å². The van der Waals surface area contributed by atoms with Crippen molar-refractivity contribution in [1.29, 1.82) is 5.26 Å². The summed E-state index contributed by atoms with van der Waals surface area (Å²) in [6.45, 7) is 6.01. The molecule has 0 bridgehead atoms. The Morgan fingerprint density at radius 1 is 1.25 bits per heavy atom. The maximum atomic E-state index is 9.21. The van der Waals surface area contributed by atoms with Gasteiger partial charge in [0.2, 0.25) is 0 Å². The highest BCUT2D eigenvalue weighted by atomic mass is 16.5. The van der Waals surface area contributed by atoms with Gasteiger partial charge in [-0.1, -0.05) is 30.3 Å². The van der Waals surface area contributed by atoms with E-state index in [-0.39, 0.29) is 0 Å². The highest BCUT2D eigenvalue weighted by Crippen LogP contribution is 2.29. The van der Waals surface area contributed by atoms with Crippen LogP contribution in [0, 0.1) is 11.3 Å². The van der Waals surface area contributed by atoms with E-state index in [4.69, 9.17) is 4.74 Å². The number of fused-ring (bicyclic) bond motifs is 1. The summed E-state index contributed by atoms with van der Waals surface area (Å²) in [5, 5.41) is 11.3. The van der Waals surface area contributed by atoms with Gasteiger partial charge < -0.3 is 9.64 Å². The summed E-state index contributed by atoms with van der Waals surface area (Å²) in [6, 6.07) is 14.1. The smallest absolute Gasteiger partial charge is 0.0998 e. The van der Waals surface area contributed by atoms with Gasteiger partial charge in [-0.2, -0.15) is 5.26 Å². The number of hydrogen-bond acceptors (Lipinski definition) is 3. The number of nitriles is 1.